The molecule has 0 saturated heterocycles. The van der Waals surface area contributed by atoms with Gasteiger partial charge in [-0.05, 0) is 31.4 Å². The van der Waals surface area contributed by atoms with Crippen LogP contribution in [0.3, 0.4) is 0 Å². The van der Waals surface area contributed by atoms with Crippen molar-refractivity contribution in [3.8, 4) is 0 Å². The monoisotopic (exact) mass is 418 g/mol. The molecule has 1 aromatic heterocycles. The summed E-state index contributed by atoms with van der Waals surface area (Å²) in [5.41, 5.74) is 1.56. The van der Waals surface area contributed by atoms with Gasteiger partial charge >= 0.3 is 0 Å². The predicted octanol–water partition coefficient (Wildman–Crippen LogP) is 2.89. The van der Waals surface area contributed by atoms with Gasteiger partial charge in [0.1, 0.15) is 12.2 Å². The third-order valence-electron chi connectivity index (χ3n) is 4.84. The lowest BCUT2D eigenvalue weighted by atomic mass is 9.96. The van der Waals surface area contributed by atoms with Gasteiger partial charge in [-0.2, -0.15) is 0 Å². The number of halogens is 1. The Hall–Kier alpha value is -1.89. The number of nitrogens with zero attached hydrogens (tertiary/aromatic N) is 4. The SMILES string of the molecule is CCNC(=NCC1(c2ccccc2Br)CC1)NCCn1cnnc1CC. The van der Waals surface area contributed by atoms with Gasteiger partial charge in [-0.1, -0.05) is 41.1 Å². The van der Waals surface area contributed by atoms with E-state index in [0.717, 1.165) is 44.4 Å². The Morgan fingerprint density at radius 1 is 1.27 bits per heavy atom. The van der Waals surface area contributed by atoms with E-state index in [1.165, 1.54) is 22.9 Å². The van der Waals surface area contributed by atoms with E-state index in [2.05, 4.69) is 79.4 Å². The molecule has 3 rings (SSSR count). The van der Waals surface area contributed by atoms with Crippen molar-refractivity contribution < 1.29 is 0 Å². The lowest BCUT2D eigenvalue weighted by molar-refractivity contribution is 0.628. The maximum Gasteiger partial charge on any atom is 0.191 e. The standard InChI is InChI=1S/C19H27BrN6/c1-3-17-25-24-14-26(17)12-11-22-18(21-4-2)23-13-19(9-10-19)15-7-5-6-8-16(15)20/h5-8,14H,3-4,9-13H2,1-2H3,(H2,21,22,23). The zero-order chi connectivity index (χ0) is 18.4. The summed E-state index contributed by atoms with van der Waals surface area (Å²) in [6, 6.07) is 8.50. The summed E-state index contributed by atoms with van der Waals surface area (Å²) in [5.74, 6) is 1.89. The van der Waals surface area contributed by atoms with Gasteiger partial charge in [0.05, 0.1) is 6.54 Å². The Morgan fingerprint density at radius 2 is 2.08 bits per heavy atom. The minimum atomic E-state index is 0.187. The molecule has 0 radical (unpaired) electrons. The predicted molar refractivity (Wildman–Crippen MR) is 108 cm³/mol. The average molecular weight is 419 g/mol. The van der Waals surface area contributed by atoms with Gasteiger partial charge in [0.2, 0.25) is 0 Å². The number of aryl methyl sites for hydroxylation is 1. The second-order valence-corrected chi connectivity index (χ2v) is 7.53. The normalized spacial score (nSPS) is 15.7. The lowest BCUT2D eigenvalue weighted by Gasteiger charge is -2.17. The third kappa shape index (κ3) is 4.44. The number of aliphatic imine (C=N–C) groups is 1. The van der Waals surface area contributed by atoms with Gasteiger partial charge < -0.3 is 15.2 Å². The van der Waals surface area contributed by atoms with Gasteiger partial charge in [-0.25, -0.2) is 0 Å². The number of aromatic nitrogens is 3. The molecule has 2 aromatic rings. The molecule has 0 spiro atoms. The number of nitrogens with one attached hydrogen (secondary N) is 2. The van der Waals surface area contributed by atoms with Gasteiger partial charge in [0.15, 0.2) is 5.96 Å². The van der Waals surface area contributed by atoms with Crippen molar-refractivity contribution in [2.24, 2.45) is 4.99 Å². The van der Waals surface area contributed by atoms with E-state index in [4.69, 9.17) is 4.99 Å². The van der Waals surface area contributed by atoms with E-state index >= 15 is 0 Å². The van der Waals surface area contributed by atoms with Crippen LogP contribution in [0.25, 0.3) is 0 Å². The highest BCUT2D eigenvalue weighted by molar-refractivity contribution is 9.10. The summed E-state index contributed by atoms with van der Waals surface area (Å²) in [6.07, 6.45) is 5.07. The first-order chi connectivity index (χ1) is 12.7. The van der Waals surface area contributed by atoms with Crippen LogP contribution in [-0.2, 0) is 18.4 Å². The molecule has 0 aliphatic heterocycles. The van der Waals surface area contributed by atoms with Crippen molar-refractivity contribution in [3.63, 3.8) is 0 Å². The van der Waals surface area contributed by atoms with Crippen LogP contribution in [-0.4, -0.2) is 40.4 Å². The van der Waals surface area contributed by atoms with Gasteiger partial charge in [0, 0.05) is 35.9 Å². The van der Waals surface area contributed by atoms with Crippen LogP contribution in [0, 0.1) is 0 Å². The fraction of sp³-hybridized carbons (Fsp3) is 0.526. The Morgan fingerprint density at radius 3 is 2.77 bits per heavy atom. The Labute approximate surface area is 163 Å². The molecule has 0 bridgehead atoms. The van der Waals surface area contributed by atoms with Crippen molar-refractivity contribution in [3.05, 3.63) is 46.5 Å². The second-order valence-electron chi connectivity index (χ2n) is 6.68. The quantitative estimate of drug-likeness (QED) is 0.510. The highest BCUT2D eigenvalue weighted by atomic mass is 79.9. The van der Waals surface area contributed by atoms with E-state index in [9.17, 15) is 0 Å². The topological polar surface area (TPSA) is 67.1 Å². The molecule has 1 heterocycles. The molecule has 2 N–H and O–H groups in total. The zero-order valence-electron chi connectivity index (χ0n) is 15.5. The maximum atomic E-state index is 4.86. The van der Waals surface area contributed by atoms with Gasteiger partial charge in [-0.3, -0.25) is 4.99 Å². The number of benzene rings is 1. The molecule has 0 atom stereocenters. The smallest absolute Gasteiger partial charge is 0.191 e. The summed E-state index contributed by atoms with van der Waals surface area (Å²) in [6.45, 7) is 7.45. The first-order valence-corrected chi connectivity index (χ1v) is 10.1. The van der Waals surface area contributed by atoms with Crippen LogP contribution in [0.5, 0.6) is 0 Å². The highest BCUT2D eigenvalue weighted by Gasteiger charge is 2.45. The summed E-state index contributed by atoms with van der Waals surface area (Å²) >= 11 is 3.69. The number of rotatable bonds is 8. The molecule has 1 fully saturated rings. The van der Waals surface area contributed by atoms with Crippen LogP contribution >= 0.6 is 15.9 Å². The van der Waals surface area contributed by atoms with Crippen LogP contribution in [0.15, 0.2) is 40.1 Å². The Kier molecular flexibility index (Phi) is 6.29. The minimum Gasteiger partial charge on any atom is -0.357 e. The largest absolute Gasteiger partial charge is 0.357 e. The molecule has 1 aliphatic carbocycles. The molecular weight excluding hydrogens is 392 g/mol. The number of guanidine groups is 1. The fourth-order valence-electron chi connectivity index (χ4n) is 3.16. The van der Waals surface area contributed by atoms with E-state index in [-0.39, 0.29) is 5.41 Å². The summed E-state index contributed by atoms with van der Waals surface area (Å²) in [4.78, 5) is 4.86. The summed E-state index contributed by atoms with van der Waals surface area (Å²) < 4.78 is 3.27. The third-order valence-corrected chi connectivity index (χ3v) is 5.53. The molecule has 1 saturated carbocycles. The first-order valence-electron chi connectivity index (χ1n) is 9.32. The lowest BCUT2D eigenvalue weighted by Crippen LogP contribution is -2.39. The molecule has 140 valence electrons. The molecule has 7 heteroatoms. The number of hydrogen-bond donors (Lipinski definition) is 2. The number of hydrogen-bond acceptors (Lipinski definition) is 3. The summed E-state index contributed by atoms with van der Waals surface area (Å²) in [5, 5.41) is 14.9. The molecule has 1 aliphatic rings. The molecule has 0 amide bonds. The zero-order valence-corrected chi connectivity index (χ0v) is 17.1. The first kappa shape index (κ1) is 18.9. The molecule has 6 nitrogen and oxygen atoms in total. The Balaban J connectivity index is 1.60. The van der Waals surface area contributed by atoms with E-state index < -0.39 is 0 Å². The Bertz CT molecular complexity index is 750. The van der Waals surface area contributed by atoms with Crippen molar-refractivity contribution in [2.45, 2.75) is 45.1 Å². The van der Waals surface area contributed by atoms with Crippen molar-refractivity contribution in [1.29, 1.82) is 0 Å². The minimum absolute atomic E-state index is 0.187. The van der Waals surface area contributed by atoms with Crippen LogP contribution < -0.4 is 10.6 Å². The van der Waals surface area contributed by atoms with Gasteiger partial charge in [-0.15, -0.1) is 10.2 Å². The van der Waals surface area contributed by atoms with Crippen LogP contribution in [0.2, 0.25) is 0 Å². The van der Waals surface area contributed by atoms with Crippen molar-refractivity contribution in [2.75, 3.05) is 19.6 Å². The average Bonchev–Trinajstić information content (AvgIpc) is 3.30. The second kappa shape index (κ2) is 8.66. The molecule has 1 aromatic carbocycles. The van der Waals surface area contributed by atoms with E-state index in [1.807, 2.05) is 0 Å². The van der Waals surface area contributed by atoms with E-state index in [0.29, 0.717) is 0 Å². The van der Waals surface area contributed by atoms with Crippen LogP contribution in [0.1, 0.15) is 38.1 Å². The van der Waals surface area contributed by atoms with Crippen molar-refractivity contribution >= 4 is 21.9 Å². The molecule has 26 heavy (non-hydrogen) atoms. The molecular formula is C19H27BrN6. The van der Waals surface area contributed by atoms with E-state index in [1.54, 1.807) is 6.33 Å². The highest BCUT2D eigenvalue weighted by Crippen LogP contribution is 2.50. The molecule has 0 unspecified atom stereocenters. The van der Waals surface area contributed by atoms with Gasteiger partial charge in [0.25, 0.3) is 0 Å². The summed E-state index contributed by atoms with van der Waals surface area (Å²) in [7, 11) is 0. The fourth-order valence-corrected chi connectivity index (χ4v) is 3.87. The van der Waals surface area contributed by atoms with Crippen LogP contribution in [0.4, 0.5) is 0 Å². The maximum absolute atomic E-state index is 4.86. The van der Waals surface area contributed by atoms with Crippen molar-refractivity contribution in [1.82, 2.24) is 25.4 Å².